The monoisotopic (exact) mass is 237 g/mol. The molecule has 2 rings (SSSR count). The summed E-state index contributed by atoms with van der Waals surface area (Å²) in [6.45, 7) is 0.272. The van der Waals surface area contributed by atoms with Gasteiger partial charge in [0, 0.05) is 23.9 Å². The van der Waals surface area contributed by atoms with Gasteiger partial charge >= 0.3 is 0 Å². The van der Waals surface area contributed by atoms with E-state index < -0.39 is 17.5 Å². The van der Waals surface area contributed by atoms with Gasteiger partial charge in [-0.15, -0.1) is 0 Å². The van der Waals surface area contributed by atoms with Crippen LogP contribution in [0.4, 0.5) is 8.78 Å². The van der Waals surface area contributed by atoms with E-state index in [0.717, 1.165) is 17.7 Å². The number of carbonyl (C=O) groups is 1. The van der Waals surface area contributed by atoms with Gasteiger partial charge < -0.3 is 5.32 Å². The van der Waals surface area contributed by atoms with Crippen LogP contribution in [-0.4, -0.2) is 16.1 Å². The van der Waals surface area contributed by atoms with Crippen molar-refractivity contribution in [3.05, 3.63) is 53.4 Å². The third kappa shape index (κ3) is 2.66. The van der Waals surface area contributed by atoms with Crippen molar-refractivity contribution in [2.24, 2.45) is 0 Å². The molecule has 0 saturated heterocycles. The Morgan fingerprint density at radius 3 is 2.82 bits per heavy atom. The summed E-state index contributed by atoms with van der Waals surface area (Å²) in [6, 6.07) is 3.01. The number of nitrogens with one attached hydrogen (secondary N) is 2. The minimum Gasteiger partial charge on any atom is -0.348 e. The number of rotatable bonds is 3. The fraction of sp³-hybridized carbons (Fsp3) is 0.0909. The van der Waals surface area contributed by atoms with E-state index in [4.69, 9.17) is 0 Å². The predicted molar refractivity (Wildman–Crippen MR) is 56.1 cm³/mol. The van der Waals surface area contributed by atoms with Crippen LogP contribution in [0.15, 0.2) is 30.6 Å². The van der Waals surface area contributed by atoms with Gasteiger partial charge in [0.25, 0.3) is 5.91 Å². The highest BCUT2D eigenvalue weighted by Gasteiger charge is 2.09. The summed E-state index contributed by atoms with van der Waals surface area (Å²) >= 11 is 0. The van der Waals surface area contributed by atoms with Gasteiger partial charge in [-0.05, 0) is 18.2 Å². The van der Waals surface area contributed by atoms with Crippen LogP contribution in [0, 0.1) is 11.6 Å². The topological polar surface area (TPSA) is 57.8 Å². The molecule has 2 N–H and O–H groups in total. The number of aromatic amines is 1. The number of amides is 1. The van der Waals surface area contributed by atoms with E-state index in [1.807, 2.05) is 0 Å². The molecule has 4 nitrogen and oxygen atoms in total. The number of H-pyrrole nitrogens is 1. The molecular formula is C11H9F2N3O. The first-order chi connectivity index (χ1) is 8.16. The molecule has 0 radical (unpaired) electrons. The van der Waals surface area contributed by atoms with Crippen LogP contribution < -0.4 is 5.32 Å². The smallest absolute Gasteiger partial charge is 0.251 e. The van der Waals surface area contributed by atoms with Crippen molar-refractivity contribution >= 4 is 5.91 Å². The molecule has 0 bridgehead atoms. The largest absolute Gasteiger partial charge is 0.348 e. The third-order valence-corrected chi connectivity index (χ3v) is 2.19. The number of halogens is 2. The molecule has 1 aromatic heterocycles. The van der Waals surface area contributed by atoms with Gasteiger partial charge in [-0.3, -0.25) is 9.89 Å². The molecule has 0 aliphatic rings. The Bertz CT molecular complexity index is 526. The maximum absolute atomic E-state index is 12.9. The first kappa shape index (κ1) is 11.3. The number of carbonyl (C=O) groups excluding carboxylic acids is 1. The van der Waals surface area contributed by atoms with Gasteiger partial charge in [-0.25, -0.2) is 8.78 Å². The Morgan fingerprint density at radius 2 is 2.18 bits per heavy atom. The zero-order chi connectivity index (χ0) is 12.3. The van der Waals surface area contributed by atoms with E-state index in [1.165, 1.54) is 6.07 Å². The zero-order valence-electron chi connectivity index (χ0n) is 8.71. The molecule has 0 aliphatic carbocycles. The molecule has 0 saturated carbocycles. The van der Waals surface area contributed by atoms with E-state index in [1.54, 1.807) is 12.4 Å². The van der Waals surface area contributed by atoms with Gasteiger partial charge in [0.05, 0.1) is 6.20 Å². The lowest BCUT2D eigenvalue weighted by atomic mass is 10.2. The van der Waals surface area contributed by atoms with Crippen molar-refractivity contribution in [3.8, 4) is 0 Å². The molecule has 2 aromatic rings. The zero-order valence-corrected chi connectivity index (χ0v) is 8.71. The van der Waals surface area contributed by atoms with Crippen molar-refractivity contribution < 1.29 is 13.6 Å². The molecule has 1 heterocycles. The van der Waals surface area contributed by atoms with E-state index in [9.17, 15) is 13.6 Å². The molecule has 0 fully saturated rings. The maximum Gasteiger partial charge on any atom is 0.251 e. The molecular weight excluding hydrogens is 228 g/mol. The van der Waals surface area contributed by atoms with Gasteiger partial charge in [0.1, 0.15) is 0 Å². The lowest BCUT2D eigenvalue weighted by Crippen LogP contribution is -2.22. The van der Waals surface area contributed by atoms with Crippen molar-refractivity contribution in [2.45, 2.75) is 6.54 Å². The standard InChI is InChI=1S/C11H9F2N3O/c12-9-2-1-8(3-10(9)13)11(17)14-4-7-5-15-16-6-7/h1-3,5-6H,4H2,(H,14,17)(H,15,16). The van der Waals surface area contributed by atoms with Crippen molar-refractivity contribution in [2.75, 3.05) is 0 Å². The summed E-state index contributed by atoms with van der Waals surface area (Å²) in [5.74, 6) is -2.48. The summed E-state index contributed by atoms with van der Waals surface area (Å²) in [5.41, 5.74) is 0.869. The Labute approximate surface area is 95.7 Å². The summed E-state index contributed by atoms with van der Waals surface area (Å²) < 4.78 is 25.5. The fourth-order valence-electron chi connectivity index (χ4n) is 1.30. The molecule has 0 unspecified atom stereocenters. The number of nitrogens with zero attached hydrogens (tertiary/aromatic N) is 1. The minimum atomic E-state index is -1.04. The lowest BCUT2D eigenvalue weighted by Gasteiger charge is -2.03. The van der Waals surface area contributed by atoms with Gasteiger partial charge in [0.15, 0.2) is 11.6 Å². The fourth-order valence-corrected chi connectivity index (χ4v) is 1.30. The van der Waals surface area contributed by atoms with E-state index in [2.05, 4.69) is 15.5 Å². The first-order valence-electron chi connectivity index (χ1n) is 4.88. The highest BCUT2D eigenvalue weighted by Crippen LogP contribution is 2.08. The Morgan fingerprint density at radius 1 is 1.35 bits per heavy atom. The second-order valence-electron chi connectivity index (χ2n) is 3.42. The highest BCUT2D eigenvalue weighted by atomic mass is 19.2. The van der Waals surface area contributed by atoms with Crippen LogP contribution in [0.5, 0.6) is 0 Å². The van der Waals surface area contributed by atoms with Gasteiger partial charge in [0.2, 0.25) is 0 Å². The predicted octanol–water partition coefficient (Wildman–Crippen LogP) is 1.62. The summed E-state index contributed by atoms with van der Waals surface area (Å²) in [4.78, 5) is 11.6. The summed E-state index contributed by atoms with van der Waals surface area (Å²) in [6.07, 6.45) is 3.19. The third-order valence-electron chi connectivity index (χ3n) is 2.19. The average Bonchev–Trinajstić information content (AvgIpc) is 2.82. The quantitative estimate of drug-likeness (QED) is 0.852. The van der Waals surface area contributed by atoms with Crippen molar-refractivity contribution in [3.63, 3.8) is 0 Å². The Hall–Kier alpha value is -2.24. The molecule has 17 heavy (non-hydrogen) atoms. The number of benzene rings is 1. The first-order valence-corrected chi connectivity index (χ1v) is 4.88. The summed E-state index contributed by atoms with van der Waals surface area (Å²) in [7, 11) is 0. The average molecular weight is 237 g/mol. The Kier molecular flexibility index (Phi) is 3.13. The van der Waals surface area contributed by atoms with Crippen molar-refractivity contribution in [1.29, 1.82) is 0 Å². The minimum absolute atomic E-state index is 0.0763. The highest BCUT2D eigenvalue weighted by molar-refractivity contribution is 5.94. The second-order valence-corrected chi connectivity index (χ2v) is 3.42. The van der Waals surface area contributed by atoms with E-state index in [0.29, 0.717) is 0 Å². The number of hydrogen-bond acceptors (Lipinski definition) is 2. The van der Waals surface area contributed by atoms with E-state index >= 15 is 0 Å². The van der Waals surface area contributed by atoms with Crippen LogP contribution in [-0.2, 0) is 6.54 Å². The molecule has 6 heteroatoms. The summed E-state index contributed by atoms with van der Waals surface area (Å²) in [5, 5.41) is 8.87. The Balaban J connectivity index is 2.02. The molecule has 0 atom stereocenters. The molecule has 0 aliphatic heterocycles. The molecule has 88 valence electrons. The SMILES string of the molecule is O=C(NCc1cn[nH]c1)c1ccc(F)c(F)c1. The van der Waals surface area contributed by atoms with Gasteiger partial charge in [-0.1, -0.05) is 0 Å². The molecule has 1 amide bonds. The second kappa shape index (κ2) is 4.73. The lowest BCUT2D eigenvalue weighted by molar-refractivity contribution is 0.0950. The van der Waals surface area contributed by atoms with Crippen LogP contribution >= 0.6 is 0 Å². The number of aromatic nitrogens is 2. The molecule has 0 spiro atoms. The molecule has 1 aromatic carbocycles. The van der Waals surface area contributed by atoms with E-state index in [-0.39, 0.29) is 12.1 Å². The maximum atomic E-state index is 12.9. The normalized spacial score (nSPS) is 10.2. The van der Waals surface area contributed by atoms with Crippen LogP contribution in [0.25, 0.3) is 0 Å². The van der Waals surface area contributed by atoms with Gasteiger partial charge in [-0.2, -0.15) is 5.10 Å². The van der Waals surface area contributed by atoms with Crippen LogP contribution in [0.3, 0.4) is 0 Å². The van der Waals surface area contributed by atoms with Crippen molar-refractivity contribution in [1.82, 2.24) is 15.5 Å². The number of hydrogen-bond donors (Lipinski definition) is 2. The van der Waals surface area contributed by atoms with Crippen LogP contribution in [0.2, 0.25) is 0 Å². The van der Waals surface area contributed by atoms with Crippen LogP contribution in [0.1, 0.15) is 15.9 Å².